The molecule has 0 aliphatic heterocycles. The van der Waals surface area contributed by atoms with Gasteiger partial charge in [-0.2, -0.15) is 0 Å². The number of thiophene rings is 1. The lowest BCUT2D eigenvalue weighted by molar-refractivity contribution is 0.101. The van der Waals surface area contributed by atoms with Crippen LogP contribution >= 0.6 is 11.3 Å². The van der Waals surface area contributed by atoms with Crippen molar-refractivity contribution in [2.24, 2.45) is 0 Å². The number of aryl methyl sites for hydroxylation is 1. The molecule has 6 nitrogen and oxygen atoms in total. The molecule has 136 valence electrons. The standard InChI is InChI=1S/C19H22N4O2S/c1-5-22(12(2)3)15-8-6-14(7-9-15)17(24)21-23-13(4)20-18-16(19(23)25)10-11-26-18/h6-12H,5H2,1-4H3,(H,21,24). The molecule has 0 radical (unpaired) electrons. The van der Waals surface area contributed by atoms with E-state index in [4.69, 9.17) is 0 Å². The Kier molecular flexibility index (Phi) is 5.08. The quantitative estimate of drug-likeness (QED) is 0.748. The minimum absolute atomic E-state index is 0.268. The largest absolute Gasteiger partial charge is 0.369 e. The summed E-state index contributed by atoms with van der Waals surface area (Å²) in [5, 5.41) is 2.32. The number of amides is 1. The first-order valence-corrected chi connectivity index (χ1v) is 9.45. The summed E-state index contributed by atoms with van der Waals surface area (Å²) >= 11 is 1.41. The lowest BCUT2D eigenvalue weighted by Gasteiger charge is -2.27. The molecule has 1 aromatic carbocycles. The monoisotopic (exact) mass is 370 g/mol. The van der Waals surface area contributed by atoms with Crippen LogP contribution in [0.3, 0.4) is 0 Å². The van der Waals surface area contributed by atoms with E-state index in [2.05, 4.69) is 36.1 Å². The van der Waals surface area contributed by atoms with Crippen molar-refractivity contribution in [3.63, 3.8) is 0 Å². The molecule has 0 spiro atoms. The highest BCUT2D eigenvalue weighted by atomic mass is 32.1. The zero-order valence-electron chi connectivity index (χ0n) is 15.3. The number of fused-ring (bicyclic) bond motifs is 1. The smallest absolute Gasteiger partial charge is 0.281 e. The molecule has 1 N–H and O–H groups in total. The number of benzene rings is 1. The molecule has 2 aromatic heterocycles. The second-order valence-corrected chi connectivity index (χ2v) is 7.20. The van der Waals surface area contributed by atoms with Gasteiger partial charge in [0.2, 0.25) is 0 Å². The Morgan fingerprint density at radius 2 is 1.96 bits per heavy atom. The van der Waals surface area contributed by atoms with Crippen molar-refractivity contribution in [3.8, 4) is 0 Å². The van der Waals surface area contributed by atoms with Crippen molar-refractivity contribution < 1.29 is 4.79 Å². The third kappa shape index (κ3) is 3.35. The summed E-state index contributed by atoms with van der Waals surface area (Å²) in [6.07, 6.45) is 0. The van der Waals surface area contributed by atoms with Gasteiger partial charge in [-0.3, -0.25) is 15.0 Å². The van der Waals surface area contributed by atoms with Gasteiger partial charge in [0.15, 0.2) is 0 Å². The number of hydrogen-bond acceptors (Lipinski definition) is 5. The van der Waals surface area contributed by atoms with E-state index in [1.165, 1.54) is 16.0 Å². The minimum Gasteiger partial charge on any atom is -0.369 e. The highest BCUT2D eigenvalue weighted by Gasteiger charge is 2.14. The molecule has 2 heterocycles. The topological polar surface area (TPSA) is 67.2 Å². The zero-order valence-corrected chi connectivity index (χ0v) is 16.1. The van der Waals surface area contributed by atoms with Crippen molar-refractivity contribution >= 4 is 33.1 Å². The maximum Gasteiger partial charge on any atom is 0.281 e. The molecule has 0 bridgehead atoms. The summed E-state index contributed by atoms with van der Waals surface area (Å²) < 4.78 is 1.21. The van der Waals surface area contributed by atoms with Crippen molar-refractivity contribution in [1.82, 2.24) is 9.66 Å². The van der Waals surface area contributed by atoms with Crippen molar-refractivity contribution in [3.05, 3.63) is 57.5 Å². The van der Waals surface area contributed by atoms with Gasteiger partial charge in [0.25, 0.3) is 11.5 Å². The highest BCUT2D eigenvalue weighted by Crippen LogP contribution is 2.18. The average molecular weight is 370 g/mol. The van der Waals surface area contributed by atoms with Crippen LogP contribution < -0.4 is 15.9 Å². The lowest BCUT2D eigenvalue weighted by atomic mass is 10.1. The first-order valence-electron chi connectivity index (χ1n) is 8.57. The molecule has 0 fully saturated rings. The van der Waals surface area contributed by atoms with Gasteiger partial charge < -0.3 is 4.90 Å². The highest BCUT2D eigenvalue weighted by molar-refractivity contribution is 7.16. The number of nitrogens with one attached hydrogen (secondary N) is 1. The summed E-state index contributed by atoms with van der Waals surface area (Å²) in [7, 11) is 0. The molecule has 0 atom stereocenters. The maximum atomic E-state index is 12.6. The summed E-state index contributed by atoms with van der Waals surface area (Å²) in [6.45, 7) is 8.96. The fourth-order valence-corrected chi connectivity index (χ4v) is 3.76. The van der Waals surface area contributed by atoms with Crippen LogP contribution in [0, 0.1) is 6.92 Å². The molecular weight excluding hydrogens is 348 g/mol. The molecule has 7 heteroatoms. The third-order valence-corrected chi connectivity index (χ3v) is 5.11. The third-order valence-electron chi connectivity index (χ3n) is 4.30. The molecule has 0 saturated heterocycles. The molecule has 3 aromatic rings. The Balaban J connectivity index is 1.86. The predicted octanol–water partition coefficient (Wildman–Crippen LogP) is 3.39. The Morgan fingerprint density at radius 3 is 2.58 bits per heavy atom. The molecule has 1 amide bonds. The van der Waals surface area contributed by atoms with Gasteiger partial charge >= 0.3 is 0 Å². The van der Waals surface area contributed by atoms with Crippen molar-refractivity contribution in [2.45, 2.75) is 33.7 Å². The molecule has 0 unspecified atom stereocenters. The van der Waals surface area contributed by atoms with Gasteiger partial charge in [0, 0.05) is 23.8 Å². The number of aromatic nitrogens is 2. The average Bonchev–Trinajstić information content (AvgIpc) is 3.07. The van der Waals surface area contributed by atoms with Crippen LogP contribution in [0.5, 0.6) is 0 Å². The molecule has 0 saturated carbocycles. The van der Waals surface area contributed by atoms with E-state index in [0.717, 1.165) is 12.2 Å². The number of nitrogens with zero attached hydrogens (tertiary/aromatic N) is 3. The van der Waals surface area contributed by atoms with Crippen molar-refractivity contribution in [2.75, 3.05) is 16.9 Å². The minimum atomic E-state index is -0.342. The van der Waals surface area contributed by atoms with E-state index in [9.17, 15) is 9.59 Å². The van der Waals surface area contributed by atoms with Crippen molar-refractivity contribution in [1.29, 1.82) is 0 Å². The molecule has 0 aliphatic rings. The van der Waals surface area contributed by atoms with Crippen LogP contribution in [-0.2, 0) is 0 Å². The predicted molar refractivity (Wildman–Crippen MR) is 107 cm³/mol. The van der Waals surface area contributed by atoms with E-state index < -0.39 is 0 Å². The SMILES string of the molecule is CCN(c1ccc(C(=O)Nn2c(C)nc3sccc3c2=O)cc1)C(C)C. The van der Waals surface area contributed by atoms with Crippen LogP contribution in [0.25, 0.3) is 10.2 Å². The molecule has 0 aliphatic carbocycles. The number of rotatable bonds is 5. The van der Waals surface area contributed by atoms with Gasteiger partial charge in [-0.05, 0) is 63.4 Å². The number of hydrogen-bond donors (Lipinski definition) is 1. The summed E-state index contributed by atoms with van der Waals surface area (Å²) in [5.74, 6) is 0.109. The van der Waals surface area contributed by atoms with E-state index in [1.54, 1.807) is 25.1 Å². The first-order chi connectivity index (χ1) is 12.4. The Labute approximate surface area is 156 Å². The Bertz CT molecular complexity index is 989. The second-order valence-electron chi connectivity index (χ2n) is 6.31. The summed E-state index contributed by atoms with van der Waals surface area (Å²) in [5.41, 5.74) is 3.94. The zero-order chi connectivity index (χ0) is 18.8. The summed E-state index contributed by atoms with van der Waals surface area (Å²) in [6, 6.07) is 9.49. The Hall–Kier alpha value is -2.67. The van der Waals surface area contributed by atoms with E-state index in [0.29, 0.717) is 27.6 Å². The Morgan fingerprint density at radius 1 is 1.27 bits per heavy atom. The van der Waals surface area contributed by atoms with Crippen LogP contribution in [0.15, 0.2) is 40.5 Å². The second kappa shape index (κ2) is 7.29. The molecule has 26 heavy (non-hydrogen) atoms. The normalized spacial score (nSPS) is 11.1. The fraction of sp³-hybridized carbons (Fsp3) is 0.316. The van der Waals surface area contributed by atoms with Crippen LogP contribution in [-0.4, -0.2) is 28.2 Å². The van der Waals surface area contributed by atoms with Gasteiger partial charge in [-0.15, -0.1) is 11.3 Å². The number of carbonyl (C=O) groups is 1. The van der Waals surface area contributed by atoms with Crippen LogP contribution in [0.1, 0.15) is 37.0 Å². The van der Waals surface area contributed by atoms with E-state index >= 15 is 0 Å². The van der Waals surface area contributed by atoms with Gasteiger partial charge in [-0.25, -0.2) is 9.66 Å². The van der Waals surface area contributed by atoms with Crippen LogP contribution in [0.2, 0.25) is 0 Å². The number of carbonyl (C=O) groups excluding carboxylic acids is 1. The van der Waals surface area contributed by atoms with Crippen LogP contribution in [0.4, 0.5) is 5.69 Å². The van der Waals surface area contributed by atoms with E-state index in [-0.39, 0.29) is 11.5 Å². The first kappa shape index (κ1) is 18.1. The van der Waals surface area contributed by atoms with Gasteiger partial charge in [-0.1, -0.05) is 0 Å². The van der Waals surface area contributed by atoms with E-state index in [1.807, 2.05) is 17.5 Å². The molecular formula is C19H22N4O2S. The van der Waals surface area contributed by atoms with Gasteiger partial charge in [0.05, 0.1) is 5.39 Å². The number of anilines is 1. The maximum absolute atomic E-state index is 12.6. The van der Waals surface area contributed by atoms with Gasteiger partial charge in [0.1, 0.15) is 10.7 Å². The molecule has 3 rings (SSSR count). The lowest BCUT2D eigenvalue weighted by Crippen LogP contribution is -2.35. The summed E-state index contributed by atoms with van der Waals surface area (Å²) in [4.78, 5) is 32.4. The fourth-order valence-electron chi connectivity index (χ4n) is 2.96.